The summed E-state index contributed by atoms with van der Waals surface area (Å²) in [6, 6.07) is 8.45. The third-order valence-electron chi connectivity index (χ3n) is 2.15. The fourth-order valence-corrected chi connectivity index (χ4v) is 1.24. The van der Waals surface area contributed by atoms with Crippen LogP contribution >= 0.6 is 0 Å². The topological polar surface area (TPSA) is 27.0 Å². The minimum absolute atomic E-state index is 0.113. The molecule has 16 heavy (non-hydrogen) atoms. The van der Waals surface area contributed by atoms with Gasteiger partial charge in [-0.15, -0.1) is 0 Å². The van der Waals surface area contributed by atoms with Crippen LogP contribution in [0.1, 0.15) is 12.0 Å². The Morgan fingerprint density at radius 2 is 2.06 bits per heavy atom. The fourth-order valence-electron chi connectivity index (χ4n) is 1.24. The van der Waals surface area contributed by atoms with Crippen molar-refractivity contribution in [2.45, 2.75) is 12.6 Å². The molecule has 5 heteroatoms. The highest BCUT2D eigenvalue weighted by Gasteiger charge is 2.27. The summed E-state index contributed by atoms with van der Waals surface area (Å²) in [4.78, 5) is 1.48. The number of nitrogens with zero attached hydrogens (tertiary/aromatic N) is 2. The van der Waals surface area contributed by atoms with E-state index in [1.807, 2.05) is 6.07 Å². The van der Waals surface area contributed by atoms with Gasteiger partial charge in [-0.2, -0.15) is 18.4 Å². The molecule has 0 radical (unpaired) electrons. The minimum atomic E-state index is -4.15. The van der Waals surface area contributed by atoms with Crippen molar-refractivity contribution in [1.29, 1.82) is 5.26 Å². The summed E-state index contributed by atoms with van der Waals surface area (Å²) >= 11 is 0. The molecule has 0 bridgehead atoms. The molecule has 0 aliphatic rings. The Bertz CT molecular complexity index is 393. The fraction of sp³-hybridized carbons (Fsp3) is 0.364. The van der Waals surface area contributed by atoms with Crippen molar-refractivity contribution in [2.75, 3.05) is 18.5 Å². The van der Waals surface area contributed by atoms with Crippen molar-refractivity contribution < 1.29 is 13.2 Å². The first-order valence-electron chi connectivity index (χ1n) is 4.70. The highest BCUT2D eigenvalue weighted by molar-refractivity contribution is 5.50. The monoisotopic (exact) mass is 228 g/mol. The number of nitriles is 1. The summed E-state index contributed by atoms with van der Waals surface area (Å²) in [5, 5.41) is 8.65. The zero-order valence-electron chi connectivity index (χ0n) is 8.75. The lowest BCUT2D eigenvalue weighted by molar-refractivity contribution is -0.132. The molecule has 0 unspecified atom stereocenters. The number of hydrogen-bond donors (Lipinski definition) is 0. The number of rotatable bonds is 3. The normalized spacial score (nSPS) is 10.9. The van der Waals surface area contributed by atoms with Gasteiger partial charge in [0.1, 0.15) is 0 Å². The molecule has 0 N–H and O–H groups in total. The second kappa shape index (κ2) is 4.88. The summed E-state index contributed by atoms with van der Waals surface area (Å²) in [5.41, 5.74) is 1.06. The van der Waals surface area contributed by atoms with Gasteiger partial charge in [0, 0.05) is 19.3 Å². The molecule has 0 aliphatic heterocycles. The zero-order valence-corrected chi connectivity index (χ0v) is 8.75. The van der Waals surface area contributed by atoms with Crippen LogP contribution in [0.2, 0.25) is 0 Å². The quantitative estimate of drug-likeness (QED) is 0.795. The van der Waals surface area contributed by atoms with Crippen LogP contribution in [0.5, 0.6) is 0 Å². The van der Waals surface area contributed by atoms with E-state index in [1.54, 1.807) is 31.3 Å². The number of hydrogen-bond acceptors (Lipinski definition) is 2. The average molecular weight is 228 g/mol. The van der Waals surface area contributed by atoms with Crippen LogP contribution in [0.15, 0.2) is 24.3 Å². The summed E-state index contributed by atoms with van der Waals surface area (Å²) in [6.45, 7) is -0.113. The summed E-state index contributed by atoms with van der Waals surface area (Å²) in [6.07, 6.45) is -5.01. The molecule has 0 heterocycles. The molecular formula is C11H11F3N2. The number of alkyl halides is 3. The van der Waals surface area contributed by atoms with E-state index >= 15 is 0 Å². The minimum Gasteiger partial charge on any atom is -0.374 e. The van der Waals surface area contributed by atoms with Crippen LogP contribution in [0.4, 0.5) is 18.9 Å². The predicted octanol–water partition coefficient (Wildman–Crippen LogP) is 2.95. The van der Waals surface area contributed by atoms with Gasteiger partial charge in [0.05, 0.1) is 18.1 Å². The van der Waals surface area contributed by atoms with E-state index in [-0.39, 0.29) is 6.54 Å². The van der Waals surface area contributed by atoms with Gasteiger partial charge >= 0.3 is 6.18 Å². The SMILES string of the molecule is CN(CCC(F)(F)F)c1cccc(C#N)c1. The first-order chi connectivity index (χ1) is 7.42. The predicted molar refractivity (Wildman–Crippen MR) is 55.1 cm³/mol. The van der Waals surface area contributed by atoms with Crippen LogP contribution < -0.4 is 4.90 Å². The van der Waals surface area contributed by atoms with E-state index in [9.17, 15) is 13.2 Å². The molecule has 0 aliphatic carbocycles. The molecule has 0 atom stereocenters. The summed E-state index contributed by atoms with van der Waals surface area (Å²) < 4.78 is 36.0. The van der Waals surface area contributed by atoms with Crippen LogP contribution in [0.3, 0.4) is 0 Å². The lowest BCUT2D eigenvalue weighted by Crippen LogP contribution is -2.23. The molecule has 0 spiro atoms. The summed E-state index contributed by atoms with van der Waals surface area (Å²) in [7, 11) is 1.57. The Hall–Kier alpha value is -1.70. The molecule has 1 aromatic carbocycles. The Morgan fingerprint density at radius 1 is 1.38 bits per heavy atom. The maximum Gasteiger partial charge on any atom is 0.390 e. The zero-order chi connectivity index (χ0) is 12.2. The van der Waals surface area contributed by atoms with Crippen molar-refractivity contribution in [3.8, 4) is 6.07 Å². The Labute approximate surface area is 91.9 Å². The molecule has 0 aromatic heterocycles. The maximum absolute atomic E-state index is 12.0. The first kappa shape index (κ1) is 12.4. The van der Waals surface area contributed by atoms with E-state index in [1.165, 1.54) is 4.90 Å². The molecule has 86 valence electrons. The molecular weight excluding hydrogens is 217 g/mol. The molecule has 0 saturated heterocycles. The van der Waals surface area contributed by atoms with Crippen molar-refractivity contribution in [1.82, 2.24) is 0 Å². The van der Waals surface area contributed by atoms with Gasteiger partial charge in [0.15, 0.2) is 0 Å². The molecule has 0 fully saturated rings. The van der Waals surface area contributed by atoms with Crippen LogP contribution in [0.25, 0.3) is 0 Å². The van der Waals surface area contributed by atoms with E-state index in [2.05, 4.69) is 0 Å². The maximum atomic E-state index is 12.0. The summed E-state index contributed by atoms with van der Waals surface area (Å²) in [5.74, 6) is 0. The van der Waals surface area contributed by atoms with Gasteiger partial charge in [-0.25, -0.2) is 0 Å². The Morgan fingerprint density at radius 3 is 2.62 bits per heavy atom. The molecule has 1 aromatic rings. The van der Waals surface area contributed by atoms with Crippen LogP contribution in [-0.2, 0) is 0 Å². The molecule has 2 nitrogen and oxygen atoms in total. The van der Waals surface area contributed by atoms with Crippen molar-refractivity contribution >= 4 is 5.69 Å². The highest BCUT2D eigenvalue weighted by Crippen LogP contribution is 2.22. The van der Waals surface area contributed by atoms with Gasteiger partial charge in [0.25, 0.3) is 0 Å². The highest BCUT2D eigenvalue weighted by atomic mass is 19.4. The molecule has 0 amide bonds. The van der Waals surface area contributed by atoms with Gasteiger partial charge < -0.3 is 4.90 Å². The lowest BCUT2D eigenvalue weighted by Gasteiger charge is -2.20. The third-order valence-corrected chi connectivity index (χ3v) is 2.15. The van der Waals surface area contributed by atoms with Crippen LogP contribution in [0, 0.1) is 11.3 Å². The van der Waals surface area contributed by atoms with E-state index in [4.69, 9.17) is 5.26 Å². The first-order valence-corrected chi connectivity index (χ1v) is 4.70. The number of benzene rings is 1. The largest absolute Gasteiger partial charge is 0.390 e. The number of halogens is 3. The van der Waals surface area contributed by atoms with Crippen molar-refractivity contribution in [2.24, 2.45) is 0 Å². The van der Waals surface area contributed by atoms with Crippen molar-refractivity contribution in [3.63, 3.8) is 0 Å². The van der Waals surface area contributed by atoms with Gasteiger partial charge in [-0.1, -0.05) is 6.07 Å². The van der Waals surface area contributed by atoms with Gasteiger partial charge in [-0.05, 0) is 18.2 Å². The second-order valence-corrected chi connectivity index (χ2v) is 3.45. The second-order valence-electron chi connectivity index (χ2n) is 3.45. The Kier molecular flexibility index (Phi) is 3.78. The third kappa shape index (κ3) is 3.81. The van der Waals surface area contributed by atoms with Crippen molar-refractivity contribution in [3.05, 3.63) is 29.8 Å². The smallest absolute Gasteiger partial charge is 0.374 e. The van der Waals surface area contributed by atoms with Gasteiger partial charge in [0.2, 0.25) is 0 Å². The van der Waals surface area contributed by atoms with E-state index in [0.29, 0.717) is 11.3 Å². The Balaban J connectivity index is 2.66. The standard InChI is InChI=1S/C11H11F3N2/c1-16(6-5-11(12,13)14)10-4-2-3-9(7-10)8-15/h2-4,7H,5-6H2,1H3. The molecule has 1 rings (SSSR count). The van der Waals surface area contributed by atoms with Gasteiger partial charge in [-0.3, -0.25) is 0 Å². The molecule has 0 saturated carbocycles. The van der Waals surface area contributed by atoms with E-state index < -0.39 is 12.6 Å². The van der Waals surface area contributed by atoms with E-state index in [0.717, 1.165) is 0 Å². The lowest BCUT2D eigenvalue weighted by atomic mass is 10.2. The van der Waals surface area contributed by atoms with Crippen LogP contribution in [-0.4, -0.2) is 19.8 Å². The number of anilines is 1. The average Bonchev–Trinajstić information content (AvgIpc) is 2.25.